The standard InChI is InChI=1S/C14H20Cl2N2/c1-2-13(10-6-4-3-5-7-10)18-14-12(16)8-11(15)9-17-14/h8-10,13H,2-7H2,1H3,(H,17,18). The average Bonchev–Trinajstić information content (AvgIpc) is 2.39. The number of hydrogen-bond donors (Lipinski definition) is 1. The Morgan fingerprint density at radius 3 is 2.67 bits per heavy atom. The van der Waals surface area contributed by atoms with Gasteiger partial charge in [0.25, 0.3) is 0 Å². The molecule has 1 unspecified atom stereocenters. The van der Waals surface area contributed by atoms with Crippen LogP contribution in [-0.4, -0.2) is 11.0 Å². The molecule has 1 aromatic heterocycles. The van der Waals surface area contributed by atoms with Gasteiger partial charge in [-0.3, -0.25) is 0 Å². The minimum atomic E-state index is 0.469. The third kappa shape index (κ3) is 3.52. The molecule has 1 atom stereocenters. The van der Waals surface area contributed by atoms with E-state index in [0.29, 0.717) is 16.1 Å². The molecule has 2 rings (SSSR count). The quantitative estimate of drug-likeness (QED) is 0.827. The number of nitrogens with one attached hydrogen (secondary N) is 1. The van der Waals surface area contributed by atoms with Gasteiger partial charge in [0.1, 0.15) is 5.82 Å². The summed E-state index contributed by atoms with van der Waals surface area (Å²) in [5, 5.41) is 4.68. The van der Waals surface area contributed by atoms with Gasteiger partial charge in [-0.15, -0.1) is 0 Å². The molecule has 1 heterocycles. The maximum absolute atomic E-state index is 6.16. The highest BCUT2D eigenvalue weighted by molar-refractivity contribution is 6.35. The Morgan fingerprint density at radius 1 is 1.33 bits per heavy atom. The Kier molecular flexibility index (Phi) is 5.13. The van der Waals surface area contributed by atoms with Crippen LogP contribution in [0.3, 0.4) is 0 Å². The van der Waals surface area contributed by atoms with Gasteiger partial charge in [-0.05, 0) is 31.2 Å². The van der Waals surface area contributed by atoms with Crippen LogP contribution in [0.15, 0.2) is 12.3 Å². The largest absolute Gasteiger partial charge is 0.366 e. The van der Waals surface area contributed by atoms with E-state index in [4.69, 9.17) is 23.2 Å². The normalized spacial score (nSPS) is 18.6. The lowest BCUT2D eigenvalue weighted by atomic mass is 9.83. The van der Waals surface area contributed by atoms with Gasteiger partial charge in [-0.25, -0.2) is 4.98 Å². The third-order valence-corrected chi connectivity index (χ3v) is 4.28. The van der Waals surface area contributed by atoms with Crippen molar-refractivity contribution in [2.45, 2.75) is 51.5 Å². The summed E-state index contributed by atoms with van der Waals surface area (Å²) >= 11 is 12.0. The molecule has 2 nitrogen and oxygen atoms in total. The summed E-state index contributed by atoms with van der Waals surface area (Å²) in [5.74, 6) is 1.51. The zero-order valence-electron chi connectivity index (χ0n) is 10.8. The second kappa shape index (κ2) is 6.63. The molecule has 18 heavy (non-hydrogen) atoms. The summed E-state index contributed by atoms with van der Waals surface area (Å²) in [6.45, 7) is 2.22. The lowest BCUT2D eigenvalue weighted by Gasteiger charge is -2.30. The van der Waals surface area contributed by atoms with Gasteiger partial charge in [-0.1, -0.05) is 49.4 Å². The van der Waals surface area contributed by atoms with Crippen LogP contribution in [0.5, 0.6) is 0 Å². The highest BCUT2D eigenvalue weighted by Gasteiger charge is 2.23. The lowest BCUT2D eigenvalue weighted by Crippen LogP contribution is -2.30. The van der Waals surface area contributed by atoms with Crippen molar-refractivity contribution in [3.8, 4) is 0 Å². The molecular formula is C14H20Cl2N2. The van der Waals surface area contributed by atoms with Crippen LogP contribution >= 0.6 is 23.2 Å². The molecule has 1 aromatic rings. The van der Waals surface area contributed by atoms with Crippen LogP contribution < -0.4 is 5.32 Å². The molecule has 0 amide bonds. The topological polar surface area (TPSA) is 24.9 Å². The first-order chi connectivity index (χ1) is 8.70. The van der Waals surface area contributed by atoms with E-state index in [0.717, 1.165) is 18.2 Å². The van der Waals surface area contributed by atoms with Crippen molar-refractivity contribution in [2.75, 3.05) is 5.32 Å². The van der Waals surface area contributed by atoms with Gasteiger partial charge in [0, 0.05) is 12.2 Å². The number of anilines is 1. The van der Waals surface area contributed by atoms with E-state index in [1.807, 2.05) is 0 Å². The fourth-order valence-corrected chi connectivity index (χ4v) is 3.22. The van der Waals surface area contributed by atoms with Crippen LogP contribution in [-0.2, 0) is 0 Å². The predicted octanol–water partition coefficient (Wildman–Crippen LogP) is 5.16. The maximum Gasteiger partial charge on any atom is 0.145 e. The third-order valence-electron chi connectivity index (χ3n) is 3.79. The highest BCUT2D eigenvalue weighted by atomic mass is 35.5. The van der Waals surface area contributed by atoms with Crippen molar-refractivity contribution in [1.29, 1.82) is 0 Å². The Labute approximate surface area is 119 Å². The summed E-state index contributed by atoms with van der Waals surface area (Å²) in [6, 6.07) is 2.21. The lowest BCUT2D eigenvalue weighted by molar-refractivity contribution is 0.312. The molecular weight excluding hydrogens is 267 g/mol. The number of halogens is 2. The van der Waals surface area contributed by atoms with Crippen LogP contribution in [0, 0.1) is 5.92 Å². The minimum absolute atomic E-state index is 0.469. The van der Waals surface area contributed by atoms with Gasteiger partial charge in [0.15, 0.2) is 0 Å². The Balaban J connectivity index is 2.04. The van der Waals surface area contributed by atoms with Crippen LogP contribution in [0.25, 0.3) is 0 Å². The summed E-state index contributed by atoms with van der Waals surface area (Å²) in [7, 11) is 0. The predicted molar refractivity (Wildman–Crippen MR) is 78.5 cm³/mol. The van der Waals surface area contributed by atoms with Gasteiger partial charge < -0.3 is 5.32 Å². The van der Waals surface area contributed by atoms with E-state index >= 15 is 0 Å². The molecule has 0 aliphatic heterocycles. The summed E-state index contributed by atoms with van der Waals surface area (Å²) in [4.78, 5) is 4.29. The van der Waals surface area contributed by atoms with E-state index in [9.17, 15) is 0 Å². The maximum atomic E-state index is 6.16. The van der Waals surface area contributed by atoms with Crippen molar-refractivity contribution in [2.24, 2.45) is 5.92 Å². The van der Waals surface area contributed by atoms with E-state index in [1.54, 1.807) is 12.3 Å². The molecule has 0 saturated heterocycles. The Bertz CT molecular complexity index is 389. The first-order valence-corrected chi connectivity index (χ1v) is 7.54. The molecule has 0 bridgehead atoms. The van der Waals surface area contributed by atoms with Crippen molar-refractivity contribution >= 4 is 29.0 Å². The van der Waals surface area contributed by atoms with E-state index in [-0.39, 0.29) is 0 Å². The fraction of sp³-hybridized carbons (Fsp3) is 0.643. The molecule has 1 saturated carbocycles. The fourth-order valence-electron chi connectivity index (χ4n) is 2.79. The zero-order valence-corrected chi connectivity index (χ0v) is 12.3. The molecule has 1 aliphatic carbocycles. The monoisotopic (exact) mass is 286 g/mol. The van der Waals surface area contributed by atoms with Crippen molar-refractivity contribution in [1.82, 2.24) is 4.98 Å². The van der Waals surface area contributed by atoms with Crippen molar-refractivity contribution in [3.05, 3.63) is 22.3 Å². The zero-order chi connectivity index (χ0) is 13.0. The molecule has 0 spiro atoms. The molecule has 1 aliphatic rings. The first kappa shape index (κ1) is 14.0. The molecule has 1 fully saturated rings. The molecule has 0 aromatic carbocycles. The Hall–Kier alpha value is -0.470. The van der Waals surface area contributed by atoms with E-state index < -0.39 is 0 Å². The minimum Gasteiger partial charge on any atom is -0.366 e. The first-order valence-electron chi connectivity index (χ1n) is 6.78. The van der Waals surface area contributed by atoms with Gasteiger partial charge in [-0.2, -0.15) is 0 Å². The summed E-state index contributed by atoms with van der Waals surface area (Å²) < 4.78 is 0. The smallest absolute Gasteiger partial charge is 0.145 e. The molecule has 100 valence electrons. The second-order valence-corrected chi connectivity index (χ2v) is 5.88. The summed E-state index contributed by atoms with van der Waals surface area (Å²) in [6.07, 6.45) is 9.46. The number of nitrogens with zero attached hydrogens (tertiary/aromatic N) is 1. The van der Waals surface area contributed by atoms with Crippen molar-refractivity contribution in [3.63, 3.8) is 0 Å². The van der Waals surface area contributed by atoms with E-state index in [1.165, 1.54) is 32.1 Å². The Morgan fingerprint density at radius 2 is 2.06 bits per heavy atom. The molecule has 0 radical (unpaired) electrons. The van der Waals surface area contributed by atoms with Gasteiger partial charge >= 0.3 is 0 Å². The number of hydrogen-bond acceptors (Lipinski definition) is 2. The molecule has 1 N–H and O–H groups in total. The highest BCUT2D eigenvalue weighted by Crippen LogP contribution is 2.31. The second-order valence-electron chi connectivity index (χ2n) is 5.04. The number of pyridine rings is 1. The van der Waals surface area contributed by atoms with Gasteiger partial charge in [0.05, 0.1) is 10.0 Å². The van der Waals surface area contributed by atoms with Gasteiger partial charge in [0.2, 0.25) is 0 Å². The average molecular weight is 287 g/mol. The SMILES string of the molecule is CCC(Nc1ncc(Cl)cc1Cl)C1CCCCC1. The summed E-state index contributed by atoms with van der Waals surface area (Å²) in [5.41, 5.74) is 0. The van der Waals surface area contributed by atoms with E-state index in [2.05, 4.69) is 17.2 Å². The van der Waals surface area contributed by atoms with Crippen LogP contribution in [0.4, 0.5) is 5.82 Å². The van der Waals surface area contributed by atoms with Crippen LogP contribution in [0.1, 0.15) is 45.4 Å². The molecule has 4 heteroatoms. The van der Waals surface area contributed by atoms with Crippen molar-refractivity contribution < 1.29 is 0 Å². The number of rotatable bonds is 4. The number of aromatic nitrogens is 1. The van der Waals surface area contributed by atoms with Crippen LogP contribution in [0.2, 0.25) is 10.0 Å².